The fourth-order valence-corrected chi connectivity index (χ4v) is 3.09. The molecule has 0 aliphatic carbocycles. The van der Waals surface area contributed by atoms with Crippen LogP contribution in [0, 0.1) is 0 Å². The van der Waals surface area contributed by atoms with Crippen LogP contribution in [0.5, 0.6) is 5.75 Å². The van der Waals surface area contributed by atoms with Crippen LogP contribution in [0.3, 0.4) is 0 Å². The molecule has 1 unspecified atom stereocenters. The minimum absolute atomic E-state index is 0.177. The number of esters is 1. The van der Waals surface area contributed by atoms with Gasteiger partial charge in [0.05, 0.1) is 18.8 Å². The highest BCUT2D eigenvalue weighted by Crippen LogP contribution is 2.24. The first-order valence-electron chi connectivity index (χ1n) is 10.5. The van der Waals surface area contributed by atoms with E-state index in [1.165, 1.54) is 25.7 Å². The first-order chi connectivity index (χ1) is 13.6. The van der Waals surface area contributed by atoms with Gasteiger partial charge in [-0.15, -0.1) is 0 Å². The van der Waals surface area contributed by atoms with Crippen molar-refractivity contribution < 1.29 is 14.3 Å². The van der Waals surface area contributed by atoms with E-state index in [2.05, 4.69) is 28.9 Å². The van der Waals surface area contributed by atoms with Gasteiger partial charge < -0.3 is 14.4 Å². The van der Waals surface area contributed by atoms with Crippen molar-refractivity contribution >= 4 is 17.9 Å². The Labute approximate surface area is 169 Å². The van der Waals surface area contributed by atoms with Crippen LogP contribution >= 0.6 is 0 Å². The molecule has 0 saturated heterocycles. The Hall–Kier alpha value is -2.30. The molecule has 0 spiro atoms. The highest BCUT2D eigenvalue weighted by atomic mass is 16.5. The van der Waals surface area contributed by atoms with Crippen LogP contribution in [0.4, 0.5) is 5.69 Å². The lowest BCUT2D eigenvalue weighted by Gasteiger charge is -2.24. The molecule has 28 heavy (non-hydrogen) atoms. The van der Waals surface area contributed by atoms with E-state index in [9.17, 15) is 4.79 Å². The van der Waals surface area contributed by atoms with Crippen molar-refractivity contribution in [3.63, 3.8) is 0 Å². The predicted octanol–water partition coefficient (Wildman–Crippen LogP) is 5.50. The number of rotatable bonds is 12. The molecule has 154 valence electrons. The van der Waals surface area contributed by atoms with Crippen LogP contribution in [0.15, 0.2) is 41.2 Å². The monoisotopic (exact) mass is 386 g/mol. The standard InChI is InChI=1S/C23H34N2O3/c1-4-6-7-8-9-15-27-22-12-10-11-21(17-22)25-14-13-24-20(18-25)16-19(3)28-23(26)5-2/h10-13,17-19H,4-9,14-16H2,1-3H3. The molecule has 1 heterocycles. The molecule has 1 aliphatic heterocycles. The van der Waals surface area contributed by atoms with Gasteiger partial charge in [0.25, 0.3) is 0 Å². The molecule has 1 aromatic rings. The summed E-state index contributed by atoms with van der Waals surface area (Å²) in [4.78, 5) is 18.0. The molecule has 0 radical (unpaired) electrons. The zero-order valence-electron chi connectivity index (χ0n) is 17.5. The van der Waals surface area contributed by atoms with E-state index in [4.69, 9.17) is 9.47 Å². The molecule has 1 aliphatic rings. The maximum atomic E-state index is 11.4. The normalized spacial score (nSPS) is 14.5. The molecule has 0 bridgehead atoms. The molecule has 1 atom stereocenters. The molecule has 5 nitrogen and oxygen atoms in total. The number of ether oxygens (including phenoxy) is 2. The van der Waals surface area contributed by atoms with Gasteiger partial charge in [-0.3, -0.25) is 9.79 Å². The Morgan fingerprint density at radius 3 is 2.82 bits per heavy atom. The third-order valence-electron chi connectivity index (χ3n) is 4.62. The van der Waals surface area contributed by atoms with Gasteiger partial charge in [-0.1, -0.05) is 45.6 Å². The van der Waals surface area contributed by atoms with E-state index in [0.717, 1.165) is 30.2 Å². The van der Waals surface area contributed by atoms with Crippen molar-refractivity contribution in [3.8, 4) is 5.75 Å². The summed E-state index contributed by atoms with van der Waals surface area (Å²) in [6, 6.07) is 8.17. The van der Waals surface area contributed by atoms with Gasteiger partial charge in [-0.05, 0) is 25.5 Å². The Morgan fingerprint density at radius 2 is 2.04 bits per heavy atom. The number of unbranched alkanes of at least 4 members (excludes halogenated alkanes) is 4. The zero-order valence-corrected chi connectivity index (χ0v) is 17.5. The predicted molar refractivity (Wildman–Crippen MR) is 115 cm³/mol. The van der Waals surface area contributed by atoms with Crippen molar-refractivity contribution in [1.29, 1.82) is 0 Å². The Kier molecular flexibility index (Phi) is 9.60. The van der Waals surface area contributed by atoms with Crippen molar-refractivity contribution in [2.45, 2.75) is 71.8 Å². The number of carbonyl (C=O) groups is 1. The number of hydrogen-bond acceptors (Lipinski definition) is 5. The van der Waals surface area contributed by atoms with E-state index in [1.807, 2.05) is 31.5 Å². The summed E-state index contributed by atoms with van der Waals surface area (Å²) < 4.78 is 11.3. The topological polar surface area (TPSA) is 51.1 Å². The van der Waals surface area contributed by atoms with Gasteiger partial charge in [0.15, 0.2) is 0 Å². The fourth-order valence-electron chi connectivity index (χ4n) is 3.09. The van der Waals surface area contributed by atoms with Crippen LogP contribution in [0.2, 0.25) is 0 Å². The summed E-state index contributed by atoms with van der Waals surface area (Å²) in [5, 5.41) is 0. The number of aliphatic imine (C=N–C) groups is 1. The van der Waals surface area contributed by atoms with Crippen LogP contribution in [0.25, 0.3) is 0 Å². The number of anilines is 1. The second-order valence-electron chi connectivity index (χ2n) is 7.20. The summed E-state index contributed by atoms with van der Waals surface area (Å²) in [7, 11) is 0. The van der Waals surface area contributed by atoms with Crippen LogP contribution < -0.4 is 9.64 Å². The summed E-state index contributed by atoms with van der Waals surface area (Å²) in [6.07, 6.45) is 10.9. The number of benzene rings is 1. The lowest BCUT2D eigenvalue weighted by Crippen LogP contribution is -2.23. The lowest BCUT2D eigenvalue weighted by atomic mass is 10.2. The second kappa shape index (κ2) is 12.2. The summed E-state index contributed by atoms with van der Waals surface area (Å²) >= 11 is 0. The molecular weight excluding hydrogens is 352 g/mol. The minimum atomic E-state index is -0.182. The molecule has 1 aromatic carbocycles. The van der Waals surface area contributed by atoms with Crippen LogP contribution in [-0.4, -0.2) is 31.4 Å². The average molecular weight is 387 g/mol. The lowest BCUT2D eigenvalue weighted by molar-refractivity contribution is -0.147. The Morgan fingerprint density at radius 1 is 1.21 bits per heavy atom. The Bertz CT molecular complexity index is 670. The van der Waals surface area contributed by atoms with E-state index in [1.54, 1.807) is 6.92 Å². The van der Waals surface area contributed by atoms with Gasteiger partial charge in [0, 0.05) is 37.0 Å². The van der Waals surface area contributed by atoms with Crippen molar-refractivity contribution in [3.05, 3.63) is 36.2 Å². The van der Waals surface area contributed by atoms with Gasteiger partial charge in [-0.2, -0.15) is 0 Å². The first kappa shape index (κ1) is 22.0. The summed E-state index contributed by atoms with van der Waals surface area (Å²) in [5.74, 6) is 0.722. The zero-order chi connectivity index (χ0) is 20.2. The van der Waals surface area contributed by atoms with E-state index in [-0.39, 0.29) is 12.1 Å². The SMILES string of the molecule is CCCCCCCOc1cccc(N2C=C(CC(C)OC(=O)CC)N=CC2)c1. The fraction of sp³-hybridized carbons (Fsp3) is 0.565. The first-order valence-corrected chi connectivity index (χ1v) is 10.5. The minimum Gasteiger partial charge on any atom is -0.494 e. The van der Waals surface area contributed by atoms with Crippen molar-refractivity contribution in [2.75, 3.05) is 18.1 Å². The largest absolute Gasteiger partial charge is 0.494 e. The highest BCUT2D eigenvalue weighted by molar-refractivity contribution is 5.71. The molecular formula is C23H34N2O3. The maximum Gasteiger partial charge on any atom is 0.305 e. The number of hydrogen-bond donors (Lipinski definition) is 0. The summed E-state index contributed by atoms with van der Waals surface area (Å²) in [5.41, 5.74) is 1.98. The third kappa shape index (κ3) is 7.75. The van der Waals surface area contributed by atoms with Gasteiger partial charge >= 0.3 is 5.97 Å². The molecule has 5 heteroatoms. The highest BCUT2D eigenvalue weighted by Gasteiger charge is 2.14. The van der Waals surface area contributed by atoms with Crippen LogP contribution in [-0.2, 0) is 9.53 Å². The van der Waals surface area contributed by atoms with Gasteiger partial charge in [0.1, 0.15) is 11.9 Å². The van der Waals surface area contributed by atoms with Crippen LogP contribution in [0.1, 0.15) is 65.7 Å². The van der Waals surface area contributed by atoms with E-state index in [0.29, 0.717) is 19.4 Å². The molecule has 0 saturated carbocycles. The molecule has 0 N–H and O–H groups in total. The smallest absolute Gasteiger partial charge is 0.305 e. The van der Waals surface area contributed by atoms with E-state index < -0.39 is 0 Å². The second-order valence-corrected chi connectivity index (χ2v) is 7.20. The molecule has 0 amide bonds. The van der Waals surface area contributed by atoms with Gasteiger partial charge in [0.2, 0.25) is 0 Å². The maximum absolute atomic E-state index is 11.4. The summed E-state index contributed by atoms with van der Waals surface area (Å²) in [6.45, 7) is 7.40. The van der Waals surface area contributed by atoms with Crippen molar-refractivity contribution in [1.82, 2.24) is 0 Å². The number of nitrogens with zero attached hydrogens (tertiary/aromatic N) is 2. The molecule has 0 aromatic heterocycles. The van der Waals surface area contributed by atoms with E-state index >= 15 is 0 Å². The quantitative estimate of drug-likeness (QED) is 0.351. The van der Waals surface area contributed by atoms with Crippen molar-refractivity contribution in [2.24, 2.45) is 4.99 Å². The Balaban J connectivity index is 1.88. The van der Waals surface area contributed by atoms with Gasteiger partial charge in [-0.25, -0.2) is 0 Å². The molecule has 2 rings (SSSR count). The average Bonchev–Trinajstić information content (AvgIpc) is 2.71. The molecule has 0 fully saturated rings. The third-order valence-corrected chi connectivity index (χ3v) is 4.62. The number of carbonyl (C=O) groups excluding carboxylic acids is 1.